The van der Waals surface area contributed by atoms with Crippen LogP contribution in [-0.4, -0.2) is 68.7 Å². The Balaban J connectivity index is 1.33. The Labute approximate surface area is 279 Å². The standard InChI is InChI=1S/C38H68F2N4O2/c1-26(2)9-8-10-27(3)33-13-14-34-32-12-11-28-21-31(15-17-37(28,4)35(32)16-18-38(33,34)5)46-36(45)44(25-30(40)23-42)20-7-6-19-43-24-29(39)22-41/h11,26-27,29-35,43H,6-10,12-25,41-42H2,1-5H3/t27-,29?,30?,31+,32+,33-,34+,35+,37+,38-/m1/s1. The van der Waals surface area contributed by atoms with E-state index in [0.717, 1.165) is 61.2 Å². The fourth-order valence-corrected chi connectivity index (χ4v) is 10.4. The molecule has 46 heavy (non-hydrogen) atoms. The summed E-state index contributed by atoms with van der Waals surface area (Å²) in [4.78, 5) is 14.8. The lowest BCUT2D eigenvalue weighted by molar-refractivity contribution is -0.0595. The quantitative estimate of drug-likeness (QED) is 0.110. The van der Waals surface area contributed by atoms with Crippen LogP contribution < -0.4 is 16.8 Å². The van der Waals surface area contributed by atoms with Crippen LogP contribution in [0.15, 0.2) is 11.6 Å². The minimum absolute atomic E-state index is 0.000544. The smallest absolute Gasteiger partial charge is 0.410 e. The van der Waals surface area contributed by atoms with Gasteiger partial charge in [-0.3, -0.25) is 0 Å². The van der Waals surface area contributed by atoms with E-state index < -0.39 is 18.4 Å². The van der Waals surface area contributed by atoms with Crippen LogP contribution >= 0.6 is 0 Å². The first-order chi connectivity index (χ1) is 21.9. The SMILES string of the molecule is CC(C)CCC[C@@H](C)[C@H]1CC[C@H]2[C@@H]3CC=C4C[C@@H](OC(=O)N(CCCCNCC(F)CN)CC(F)CN)CC[C@]4(C)[C@H]3CC[C@]12C. The van der Waals surface area contributed by atoms with Crippen LogP contribution in [0.25, 0.3) is 0 Å². The molecule has 8 heteroatoms. The van der Waals surface area contributed by atoms with Gasteiger partial charge in [0.15, 0.2) is 0 Å². The van der Waals surface area contributed by atoms with Crippen LogP contribution in [0.1, 0.15) is 118 Å². The van der Waals surface area contributed by atoms with Crippen molar-refractivity contribution in [3.05, 3.63) is 11.6 Å². The number of nitrogens with zero attached hydrogens (tertiary/aromatic N) is 1. The van der Waals surface area contributed by atoms with E-state index in [2.05, 4.69) is 46.0 Å². The molecule has 6 nitrogen and oxygen atoms in total. The summed E-state index contributed by atoms with van der Waals surface area (Å²) in [7, 11) is 0. The van der Waals surface area contributed by atoms with Crippen LogP contribution in [0.4, 0.5) is 13.6 Å². The first-order valence-electron chi connectivity index (χ1n) is 19.0. The van der Waals surface area contributed by atoms with E-state index in [9.17, 15) is 13.6 Å². The number of hydrogen-bond acceptors (Lipinski definition) is 5. The molecule has 5 N–H and O–H groups in total. The second-order valence-electron chi connectivity index (χ2n) is 16.6. The van der Waals surface area contributed by atoms with Crippen molar-refractivity contribution in [3.8, 4) is 0 Å². The third-order valence-corrected chi connectivity index (χ3v) is 13.1. The number of unbranched alkanes of at least 4 members (excludes halogenated alkanes) is 1. The van der Waals surface area contributed by atoms with Gasteiger partial charge in [0.05, 0.1) is 6.54 Å². The molecule has 4 aliphatic carbocycles. The number of carbonyl (C=O) groups is 1. The van der Waals surface area contributed by atoms with E-state index in [-0.39, 0.29) is 37.7 Å². The number of rotatable bonds is 17. The summed E-state index contributed by atoms with van der Waals surface area (Å²) >= 11 is 0. The first kappa shape index (κ1) is 37.6. The molecule has 10 atom stereocenters. The molecule has 4 aliphatic rings. The van der Waals surface area contributed by atoms with E-state index in [0.29, 0.717) is 24.9 Å². The Morgan fingerprint density at radius 2 is 1.76 bits per heavy atom. The van der Waals surface area contributed by atoms with Crippen molar-refractivity contribution in [3.63, 3.8) is 0 Å². The van der Waals surface area contributed by atoms with Gasteiger partial charge in [-0.05, 0) is 111 Å². The average molecular weight is 651 g/mol. The van der Waals surface area contributed by atoms with Gasteiger partial charge >= 0.3 is 6.09 Å². The molecule has 3 fully saturated rings. The number of alkyl halides is 2. The summed E-state index contributed by atoms with van der Waals surface area (Å²) < 4.78 is 33.8. The van der Waals surface area contributed by atoms with Crippen molar-refractivity contribution in [2.45, 2.75) is 137 Å². The number of allylic oxidation sites excluding steroid dienone is 1. The number of halogens is 2. The van der Waals surface area contributed by atoms with E-state index in [1.807, 2.05) is 0 Å². The lowest BCUT2D eigenvalue weighted by Crippen LogP contribution is -2.51. The van der Waals surface area contributed by atoms with E-state index in [1.54, 1.807) is 0 Å². The third kappa shape index (κ3) is 8.85. The molecule has 0 aromatic heterocycles. The molecule has 266 valence electrons. The highest BCUT2D eigenvalue weighted by atomic mass is 19.1. The van der Waals surface area contributed by atoms with Gasteiger partial charge in [0.25, 0.3) is 0 Å². The fourth-order valence-electron chi connectivity index (χ4n) is 10.4. The zero-order valence-electron chi connectivity index (χ0n) is 29.9. The molecular formula is C38H68F2N4O2. The topological polar surface area (TPSA) is 93.6 Å². The molecule has 0 aromatic carbocycles. The largest absolute Gasteiger partial charge is 0.446 e. The third-order valence-electron chi connectivity index (χ3n) is 13.1. The predicted molar refractivity (Wildman–Crippen MR) is 185 cm³/mol. The Bertz CT molecular complexity index is 996. The summed E-state index contributed by atoms with van der Waals surface area (Å²) in [6.07, 6.45) is 14.5. The van der Waals surface area contributed by atoms with Gasteiger partial charge in [-0.2, -0.15) is 0 Å². The van der Waals surface area contributed by atoms with Crippen LogP contribution in [0, 0.1) is 46.3 Å². The molecule has 0 aromatic rings. The molecule has 2 unspecified atom stereocenters. The maximum Gasteiger partial charge on any atom is 0.410 e. The summed E-state index contributed by atoms with van der Waals surface area (Å²) in [5, 5.41) is 3.05. The number of hydrogen-bond donors (Lipinski definition) is 3. The zero-order chi connectivity index (χ0) is 33.5. The molecule has 0 radical (unpaired) electrons. The summed E-state index contributed by atoms with van der Waals surface area (Å²) in [5.74, 6) is 4.80. The number of amides is 1. The number of ether oxygens (including phenoxy) is 1. The van der Waals surface area contributed by atoms with Crippen molar-refractivity contribution in [2.75, 3.05) is 39.3 Å². The van der Waals surface area contributed by atoms with Crippen molar-refractivity contribution >= 4 is 6.09 Å². The second kappa shape index (κ2) is 16.9. The Morgan fingerprint density at radius 1 is 1.00 bits per heavy atom. The average Bonchev–Trinajstić information content (AvgIpc) is 3.39. The van der Waals surface area contributed by atoms with Gasteiger partial charge in [-0.1, -0.05) is 65.5 Å². The van der Waals surface area contributed by atoms with E-state index in [1.165, 1.54) is 61.8 Å². The molecule has 0 aliphatic heterocycles. The van der Waals surface area contributed by atoms with Gasteiger partial charge in [0.1, 0.15) is 18.4 Å². The molecule has 0 heterocycles. The van der Waals surface area contributed by atoms with Crippen molar-refractivity contribution in [2.24, 2.45) is 57.8 Å². The van der Waals surface area contributed by atoms with Gasteiger partial charge in [-0.15, -0.1) is 0 Å². The van der Waals surface area contributed by atoms with Crippen LogP contribution in [0.5, 0.6) is 0 Å². The fraction of sp³-hybridized carbons (Fsp3) is 0.921. The highest BCUT2D eigenvalue weighted by Gasteiger charge is 2.59. The highest BCUT2D eigenvalue weighted by Crippen LogP contribution is 2.67. The van der Waals surface area contributed by atoms with Gasteiger partial charge in [0.2, 0.25) is 0 Å². The summed E-state index contributed by atoms with van der Waals surface area (Å²) in [5.41, 5.74) is 13.0. The van der Waals surface area contributed by atoms with Crippen molar-refractivity contribution in [1.82, 2.24) is 10.2 Å². The highest BCUT2D eigenvalue weighted by molar-refractivity contribution is 5.68. The maximum atomic E-state index is 14.3. The van der Waals surface area contributed by atoms with Gasteiger partial charge < -0.3 is 26.4 Å². The first-order valence-corrected chi connectivity index (χ1v) is 19.0. The van der Waals surface area contributed by atoms with Crippen LogP contribution in [0.2, 0.25) is 0 Å². The molecule has 0 bridgehead atoms. The normalized spacial score (nSPS) is 34.2. The van der Waals surface area contributed by atoms with E-state index in [4.69, 9.17) is 16.2 Å². The minimum atomic E-state index is -1.29. The second-order valence-corrected chi connectivity index (χ2v) is 16.6. The summed E-state index contributed by atoms with van der Waals surface area (Å²) in [6.45, 7) is 13.4. The molecule has 0 saturated heterocycles. The Morgan fingerprint density at radius 3 is 2.48 bits per heavy atom. The molecular weight excluding hydrogens is 582 g/mol. The Hall–Kier alpha value is -1.25. The lowest BCUT2D eigenvalue weighted by Gasteiger charge is -2.58. The number of carbonyl (C=O) groups excluding carboxylic acids is 1. The molecule has 1 amide bonds. The van der Waals surface area contributed by atoms with E-state index >= 15 is 0 Å². The molecule has 0 spiro atoms. The minimum Gasteiger partial charge on any atom is -0.446 e. The predicted octanol–water partition coefficient (Wildman–Crippen LogP) is 7.80. The Kier molecular flexibility index (Phi) is 13.8. The molecule has 3 saturated carbocycles. The lowest BCUT2D eigenvalue weighted by atomic mass is 9.47. The van der Waals surface area contributed by atoms with Crippen molar-refractivity contribution < 1.29 is 18.3 Å². The number of nitrogens with one attached hydrogen (secondary N) is 1. The molecule has 4 rings (SSSR count). The zero-order valence-corrected chi connectivity index (χ0v) is 29.9. The maximum absolute atomic E-state index is 14.3. The van der Waals surface area contributed by atoms with Crippen LogP contribution in [0.3, 0.4) is 0 Å². The number of nitrogens with two attached hydrogens (primary N) is 2. The summed E-state index contributed by atoms with van der Waals surface area (Å²) in [6, 6.07) is 0. The van der Waals surface area contributed by atoms with Crippen molar-refractivity contribution in [1.29, 1.82) is 0 Å². The van der Waals surface area contributed by atoms with Crippen LogP contribution in [-0.2, 0) is 4.74 Å². The van der Waals surface area contributed by atoms with Gasteiger partial charge in [-0.25, -0.2) is 13.6 Å². The number of fused-ring (bicyclic) bond motifs is 5. The van der Waals surface area contributed by atoms with Gasteiger partial charge in [0, 0.05) is 32.6 Å². The monoisotopic (exact) mass is 651 g/mol.